The molecule has 0 amide bonds. The second-order valence-corrected chi connectivity index (χ2v) is 6.50. The van der Waals surface area contributed by atoms with Crippen LogP contribution in [0.25, 0.3) is 0 Å². The zero-order valence-corrected chi connectivity index (χ0v) is 11.4. The maximum atomic E-state index is 10.6. The summed E-state index contributed by atoms with van der Waals surface area (Å²) in [6.07, 6.45) is 6.40. The molecule has 1 aliphatic carbocycles. The van der Waals surface area contributed by atoms with Crippen LogP contribution in [0.1, 0.15) is 32.1 Å². The smallest absolute Gasteiger partial charge is 0.0923 e. The Morgan fingerprint density at radius 1 is 1.11 bits per heavy atom. The van der Waals surface area contributed by atoms with Gasteiger partial charge in [-0.2, -0.15) is 0 Å². The third-order valence-electron chi connectivity index (χ3n) is 5.11. The first-order valence-corrected chi connectivity index (χ1v) is 7.60. The maximum Gasteiger partial charge on any atom is 0.0923 e. The van der Waals surface area contributed by atoms with E-state index in [2.05, 4.69) is 9.80 Å². The Bertz CT molecular complexity index is 295. The minimum Gasteiger partial charge on any atom is -0.387 e. The highest BCUT2D eigenvalue weighted by Crippen LogP contribution is 2.40. The van der Waals surface area contributed by atoms with Crippen molar-refractivity contribution in [1.82, 2.24) is 9.80 Å². The quantitative estimate of drug-likeness (QED) is 0.754. The molecule has 2 unspecified atom stereocenters. The molecule has 104 valence electrons. The Labute approximate surface area is 110 Å². The summed E-state index contributed by atoms with van der Waals surface area (Å²) in [4.78, 5) is 5.09. The molecule has 4 heteroatoms. The third kappa shape index (κ3) is 2.57. The molecule has 0 radical (unpaired) electrons. The van der Waals surface area contributed by atoms with Crippen LogP contribution in [0.2, 0.25) is 0 Å². The normalized spacial score (nSPS) is 34.0. The van der Waals surface area contributed by atoms with Crippen molar-refractivity contribution in [2.24, 2.45) is 11.7 Å². The summed E-state index contributed by atoms with van der Waals surface area (Å²) in [6, 6.07) is 0.730. The number of piperidine rings is 1. The van der Waals surface area contributed by atoms with Crippen LogP contribution < -0.4 is 5.73 Å². The van der Waals surface area contributed by atoms with Crippen molar-refractivity contribution in [1.29, 1.82) is 0 Å². The van der Waals surface area contributed by atoms with E-state index >= 15 is 0 Å². The van der Waals surface area contributed by atoms with E-state index in [1.165, 1.54) is 32.4 Å². The van der Waals surface area contributed by atoms with E-state index in [-0.39, 0.29) is 0 Å². The molecule has 0 aromatic heterocycles. The first-order chi connectivity index (χ1) is 8.71. The van der Waals surface area contributed by atoms with Gasteiger partial charge in [-0.3, -0.25) is 9.80 Å². The molecule has 2 aliphatic heterocycles. The minimum absolute atomic E-state index is 0.419. The van der Waals surface area contributed by atoms with Crippen molar-refractivity contribution < 1.29 is 5.11 Å². The monoisotopic (exact) mass is 253 g/mol. The van der Waals surface area contributed by atoms with E-state index < -0.39 is 5.60 Å². The van der Waals surface area contributed by atoms with E-state index in [9.17, 15) is 5.11 Å². The van der Waals surface area contributed by atoms with Gasteiger partial charge in [-0.15, -0.1) is 0 Å². The molecule has 1 saturated carbocycles. The number of aliphatic hydroxyl groups is 1. The lowest BCUT2D eigenvalue weighted by Gasteiger charge is -2.46. The molecular weight excluding hydrogens is 226 g/mol. The fourth-order valence-corrected chi connectivity index (χ4v) is 3.73. The Morgan fingerprint density at radius 3 is 2.67 bits per heavy atom. The second kappa shape index (κ2) is 5.08. The summed E-state index contributed by atoms with van der Waals surface area (Å²) in [6.45, 7) is 5.90. The van der Waals surface area contributed by atoms with Gasteiger partial charge in [0.1, 0.15) is 0 Å². The minimum atomic E-state index is -0.614. The first-order valence-electron chi connectivity index (χ1n) is 7.60. The molecule has 0 bridgehead atoms. The number of nitrogens with two attached hydrogens (primary N) is 1. The topological polar surface area (TPSA) is 52.7 Å². The number of fused-ring (bicyclic) bond motifs is 1. The molecule has 3 N–H and O–H groups in total. The summed E-state index contributed by atoms with van der Waals surface area (Å²) in [5.74, 6) is 0.465. The van der Waals surface area contributed by atoms with Crippen LogP contribution in [0.15, 0.2) is 0 Å². The van der Waals surface area contributed by atoms with Crippen molar-refractivity contribution in [3.8, 4) is 0 Å². The first kappa shape index (κ1) is 12.9. The molecule has 3 rings (SSSR count). The van der Waals surface area contributed by atoms with Gasteiger partial charge >= 0.3 is 0 Å². The van der Waals surface area contributed by atoms with E-state index in [1.54, 1.807) is 0 Å². The van der Waals surface area contributed by atoms with Crippen LogP contribution in [0.5, 0.6) is 0 Å². The lowest BCUT2D eigenvalue weighted by molar-refractivity contribution is -0.0352. The molecule has 0 spiro atoms. The van der Waals surface area contributed by atoms with Crippen LogP contribution in [-0.2, 0) is 0 Å². The molecular formula is C14H27N3O. The number of hydrogen-bond donors (Lipinski definition) is 2. The van der Waals surface area contributed by atoms with Gasteiger partial charge in [0.2, 0.25) is 0 Å². The van der Waals surface area contributed by atoms with Crippen LogP contribution in [0, 0.1) is 5.92 Å². The maximum absolute atomic E-state index is 10.6. The zero-order valence-electron chi connectivity index (χ0n) is 11.4. The Hall–Kier alpha value is -0.160. The molecule has 0 aromatic carbocycles. The van der Waals surface area contributed by atoms with Gasteiger partial charge in [0.05, 0.1) is 5.60 Å². The predicted molar refractivity (Wildman–Crippen MR) is 72.4 cm³/mol. The zero-order chi connectivity index (χ0) is 12.6. The van der Waals surface area contributed by atoms with Gasteiger partial charge in [-0.1, -0.05) is 6.42 Å². The molecule has 18 heavy (non-hydrogen) atoms. The fraction of sp³-hybridized carbons (Fsp3) is 1.00. The largest absolute Gasteiger partial charge is 0.387 e. The summed E-state index contributed by atoms with van der Waals surface area (Å²) < 4.78 is 0. The van der Waals surface area contributed by atoms with Gasteiger partial charge in [0, 0.05) is 38.8 Å². The highest BCUT2D eigenvalue weighted by molar-refractivity contribution is 4.99. The summed E-state index contributed by atoms with van der Waals surface area (Å²) in [5, 5.41) is 10.6. The van der Waals surface area contributed by atoms with Gasteiger partial charge in [-0.05, 0) is 38.1 Å². The van der Waals surface area contributed by atoms with Crippen LogP contribution in [-0.4, -0.2) is 65.8 Å². The SMILES string of the molecule is NCC(O)(CN1CCN2CCCCC2C1)C1CC1. The number of piperazine rings is 1. The van der Waals surface area contributed by atoms with Crippen LogP contribution >= 0.6 is 0 Å². The Morgan fingerprint density at radius 2 is 1.94 bits per heavy atom. The van der Waals surface area contributed by atoms with E-state index in [4.69, 9.17) is 5.73 Å². The number of hydrogen-bond acceptors (Lipinski definition) is 4. The van der Waals surface area contributed by atoms with Crippen LogP contribution in [0.4, 0.5) is 0 Å². The average molecular weight is 253 g/mol. The molecule has 3 aliphatic rings. The molecule has 4 nitrogen and oxygen atoms in total. The molecule has 3 fully saturated rings. The van der Waals surface area contributed by atoms with Gasteiger partial charge < -0.3 is 10.8 Å². The number of rotatable bonds is 4. The standard InChI is InChI=1S/C14H27N3O/c15-10-14(18,12-4-5-12)11-16-7-8-17-6-2-1-3-13(17)9-16/h12-13,18H,1-11,15H2. The highest BCUT2D eigenvalue weighted by atomic mass is 16.3. The second-order valence-electron chi connectivity index (χ2n) is 6.50. The summed E-state index contributed by atoms with van der Waals surface area (Å²) >= 11 is 0. The Kier molecular flexibility index (Phi) is 3.63. The summed E-state index contributed by atoms with van der Waals surface area (Å²) in [5.41, 5.74) is 5.20. The fourth-order valence-electron chi connectivity index (χ4n) is 3.73. The van der Waals surface area contributed by atoms with Crippen molar-refractivity contribution >= 4 is 0 Å². The lowest BCUT2D eigenvalue weighted by atomic mass is 9.94. The van der Waals surface area contributed by atoms with Gasteiger partial charge in [0.15, 0.2) is 0 Å². The van der Waals surface area contributed by atoms with Gasteiger partial charge in [-0.25, -0.2) is 0 Å². The van der Waals surface area contributed by atoms with E-state index in [1.807, 2.05) is 0 Å². The van der Waals surface area contributed by atoms with Crippen LogP contribution in [0.3, 0.4) is 0 Å². The van der Waals surface area contributed by atoms with E-state index in [0.29, 0.717) is 12.5 Å². The van der Waals surface area contributed by atoms with Crippen molar-refractivity contribution in [2.75, 3.05) is 39.3 Å². The van der Waals surface area contributed by atoms with Crippen molar-refractivity contribution in [2.45, 2.75) is 43.7 Å². The van der Waals surface area contributed by atoms with Gasteiger partial charge in [0.25, 0.3) is 0 Å². The van der Waals surface area contributed by atoms with Crippen molar-refractivity contribution in [3.63, 3.8) is 0 Å². The lowest BCUT2D eigenvalue weighted by Crippen LogP contribution is -2.59. The predicted octanol–water partition coefficient (Wildman–Crippen LogP) is 0.256. The number of β-amino-alcohol motifs (C(OH)–C–C–N with tert-alkyl or cyclic N) is 1. The Balaban J connectivity index is 1.57. The molecule has 0 aromatic rings. The average Bonchev–Trinajstić information content (AvgIpc) is 3.23. The molecule has 2 heterocycles. The van der Waals surface area contributed by atoms with Crippen molar-refractivity contribution in [3.05, 3.63) is 0 Å². The summed E-state index contributed by atoms with van der Waals surface area (Å²) in [7, 11) is 0. The molecule has 2 atom stereocenters. The van der Waals surface area contributed by atoms with E-state index in [0.717, 1.165) is 38.5 Å². The third-order valence-corrected chi connectivity index (χ3v) is 5.11. The highest BCUT2D eigenvalue weighted by Gasteiger charge is 2.44. The number of nitrogens with zero attached hydrogens (tertiary/aromatic N) is 2. The molecule has 2 saturated heterocycles.